The highest BCUT2D eigenvalue weighted by Gasteiger charge is 2.11. The first-order valence-electron chi connectivity index (χ1n) is 7.75. The zero-order valence-corrected chi connectivity index (χ0v) is 13.7. The molecule has 23 heavy (non-hydrogen) atoms. The van der Waals surface area contributed by atoms with Crippen molar-refractivity contribution in [3.63, 3.8) is 0 Å². The first kappa shape index (κ1) is 17.0. The van der Waals surface area contributed by atoms with Crippen LogP contribution >= 0.6 is 0 Å². The Kier molecular flexibility index (Phi) is 5.74. The van der Waals surface area contributed by atoms with E-state index in [-0.39, 0.29) is 24.1 Å². The van der Waals surface area contributed by atoms with Gasteiger partial charge in [0.05, 0.1) is 0 Å². The van der Waals surface area contributed by atoms with Gasteiger partial charge in [-0.05, 0) is 42.7 Å². The van der Waals surface area contributed by atoms with Crippen molar-refractivity contribution in [3.05, 3.63) is 58.9 Å². The van der Waals surface area contributed by atoms with Gasteiger partial charge in [-0.1, -0.05) is 32.0 Å². The Hall–Kier alpha value is -2.36. The zero-order valence-electron chi connectivity index (χ0n) is 13.7. The first-order valence-corrected chi connectivity index (χ1v) is 7.75. The number of esters is 1. The van der Waals surface area contributed by atoms with Gasteiger partial charge < -0.3 is 9.47 Å². The average molecular weight is 316 g/mol. The molecule has 0 saturated heterocycles. The van der Waals surface area contributed by atoms with Crippen molar-refractivity contribution < 1.29 is 18.7 Å². The van der Waals surface area contributed by atoms with Crippen molar-refractivity contribution in [2.24, 2.45) is 0 Å². The Morgan fingerprint density at radius 1 is 1.09 bits per heavy atom. The Labute approximate surface area is 136 Å². The minimum absolute atomic E-state index is 0.134. The smallest absolute Gasteiger partial charge is 0.310 e. The molecule has 2 aromatic carbocycles. The maximum Gasteiger partial charge on any atom is 0.310 e. The maximum atomic E-state index is 14.1. The molecule has 4 heteroatoms. The summed E-state index contributed by atoms with van der Waals surface area (Å²) in [5.74, 6) is -0.0414. The molecule has 0 radical (unpaired) electrons. The molecule has 0 aliphatic rings. The quantitative estimate of drug-likeness (QED) is 0.577. The van der Waals surface area contributed by atoms with Crippen LogP contribution < -0.4 is 9.47 Å². The molecule has 0 unspecified atom stereocenters. The lowest BCUT2D eigenvalue weighted by atomic mass is 10.1. The molecule has 0 fully saturated rings. The molecule has 3 nitrogen and oxygen atoms in total. The normalized spacial score (nSPS) is 10.4. The van der Waals surface area contributed by atoms with Crippen molar-refractivity contribution in [1.29, 1.82) is 0 Å². The lowest BCUT2D eigenvalue weighted by Gasteiger charge is -2.13. The van der Waals surface area contributed by atoms with Gasteiger partial charge in [0.25, 0.3) is 0 Å². The van der Waals surface area contributed by atoms with E-state index in [9.17, 15) is 9.18 Å². The van der Waals surface area contributed by atoms with Crippen LogP contribution in [-0.4, -0.2) is 5.97 Å². The highest BCUT2D eigenvalue weighted by Crippen LogP contribution is 2.25. The Bertz CT molecular complexity index is 695. The number of ether oxygens (including phenoxy) is 2. The monoisotopic (exact) mass is 316 g/mol. The summed E-state index contributed by atoms with van der Waals surface area (Å²) in [7, 11) is 0. The predicted octanol–water partition coefficient (Wildman–Crippen LogP) is 4.59. The third-order valence-electron chi connectivity index (χ3n) is 3.64. The van der Waals surface area contributed by atoms with Crippen LogP contribution in [0.15, 0.2) is 36.4 Å². The fraction of sp³-hybridized carbons (Fsp3) is 0.316. The van der Waals surface area contributed by atoms with E-state index in [4.69, 9.17) is 9.47 Å². The van der Waals surface area contributed by atoms with Crippen molar-refractivity contribution >= 4 is 5.97 Å². The topological polar surface area (TPSA) is 35.5 Å². The fourth-order valence-electron chi connectivity index (χ4n) is 2.26. The minimum Gasteiger partial charge on any atom is -0.486 e. The molecule has 0 spiro atoms. The van der Waals surface area contributed by atoms with Crippen molar-refractivity contribution in [2.75, 3.05) is 0 Å². The van der Waals surface area contributed by atoms with Crippen LogP contribution in [0.5, 0.6) is 11.5 Å². The summed E-state index contributed by atoms with van der Waals surface area (Å²) in [6.45, 7) is 5.78. The summed E-state index contributed by atoms with van der Waals surface area (Å²) >= 11 is 0. The molecule has 2 rings (SSSR count). The summed E-state index contributed by atoms with van der Waals surface area (Å²) in [4.78, 5) is 11.5. The molecule has 0 aliphatic carbocycles. The van der Waals surface area contributed by atoms with Gasteiger partial charge in [-0.2, -0.15) is 0 Å². The van der Waals surface area contributed by atoms with Crippen molar-refractivity contribution in [1.82, 2.24) is 0 Å². The third kappa shape index (κ3) is 4.31. The van der Waals surface area contributed by atoms with Crippen LogP contribution in [0.1, 0.15) is 37.0 Å². The fourth-order valence-corrected chi connectivity index (χ4v) is 2.26. The molecule has 0 amide bonds. The Morgan fingerprint density at radius 2 is 1.83 bits per heavy atom. The standard InChI is InChI=1S/C19H21FO3/c1-4-14-11-16(20)18(10-13(14)3)22-12-15-8-6-7-9-17(15)23-19(21)5-2/h6-11H,4-5,12H2,1-3H3. The molecule has 0 heterocycles. The molecular formula is C19H21FO3. The number of para-hydroxylation sites is 1. The number of aryl methyl sites for hydroxylation is 2. The van der Waals surface area contributed by atoms with E-state index < -0.39 is 0 Å². The Morgan fingerprint density at radius 3 is 2.52 bits per heavy atom. The zero-order chi connectivity index (χ0) is 16.8. The van der Waals surface area contributed by atoms with Gasteiger partial charge in [-0.3, -0.25) is 4.79 Å². The Balaban J connectivity index is 2.15. The van der Waals surface area contributed by atoms with E-state index in [1.54, 1.807) is 31.2 Å². The van der Waals surface area contributed by atoms with Crippen molar-refractivity contribution in [3.8, 4) is 11.5 Å². The molecular weight excluding hydrogens is 295 g/mol. The molecule has 0 bridgehead atoms. The van der Waals surface area contributed by atoms with Crippen LogP contribution in [0.2, 0.25) is 0 Å². The largest absolute Gasteiger partial charge is 0.486 e. The second kappa shape index (κ2) is 7.77. The number of benzene rings is 2. The molecule has 0 N–H and O–H groups in total. The van der Waals surface area contributed by atoms with Crippen LogP contribution in [0.4, 0.5) is 4.39 Å². The lowest BCUT2D eigenvalue weighted by Crippen LogP contribution is -2.08. The number of halogens is 1. The minimum atomic E-state index is -0.379. The lowest BCUT2D eigenvalue weighted by molar-refractivity contribution is -0.134. The molecule has 0 atom stereocenters. The van der Waals surface area contributed by atoms with Gasteiger partial charge >= 0.3 is 5.97 Å². The predicted molar refractivity (Wildman–Crippen MR) is 87.2 cm³/mol. The van der Waals surface area contributed by atoms with E-state index >= 15 is 0 Å². The third-order valence-corrected chi connectivity index (χ3v) is 3.64. The van der Waals surface area contributed by atoms with Crippen LogP contribution in [0.25, 0.3) is 0 Å². The molecule has 122 valence electrons. The van der Waals surface area contributed by atoms with Gasteiger partial charge in [0.1, 0.15) is 12.4 Å². The summed E-state index contributed by atoms with van der Waals surface area (Å²) in [5, 5.41) is 0. The number of carbonyl (C=O) groups is 1. The van der Waals surface area contributed by atoms with Gasteiger partial charge in [-0.15, -0.1) is 0 Å². The summed E-state index contributed by atoms with van der Waals surface area (Å²) in [6.07, 6.45) is 1.07. The van der Waals surface area contributed by atoms with E-state index in [1.165, 1.54) is 6.07 Å². The molecule has 2 aromatic rings. The number of rotatable bonds is 6. The molecule has 0 saturated carbocycles. The average Bonchev–Trinajstić information content (AvgIpc) is 2.56. The van der Waals surface area contributed by atoms with Gasteiger partial charge in [0, 0.05) is 12.0 Å². The van der Waals surface area contributed by atoms with Gasteiger partial charge in [-0.25, -0.2) is 4.39 Å². The van der Waals surface area contributed by atoms with E-state index in [0.29, 0.717) is 17.7 Å². The van der Waals surface area contributed by atoms with E-state index in [2.05, 4.69) is 0 Å². The van der Waals surface area contributed by atoms with Crippen molar-refractivity contribution in [2.45, 2.75) is 40.2 Å². The number of hydrogen-bond donors (Lipinski definition) is 0. The number of hydrogen-bond acceptors (Lipinski definition) is 3. The summed E-state index contributed by atoms with van der Waals surface area (Å²) in [6, 6.07) is 10.3. The maximum absolute atomic E-state index is 14.1. The van der Waals surface area contributed by atoms with Gasteiger partial charge in [0.15, 0.2) is 11.6 Å². The first-order chi connectivity index (χ1) is 11.0. The summed E-state index contributed by atoms with van der Waals surface area (Å²) in [5.41, 5.74) is 2.66. The van der Waals surface area contributed by atoms with E-state index in [0.717, 1.165) is 17.5 Å². The highest BCUT2D eigenvalue weighted by atomic mass is 19.1. The molecule has 0 aromatic heterocycles. The van der Waals surface area contributed by atoms with Gasteiger partial charge in [0.2, 0.25) is 0 Å². The second-order valence-corrected chi connectivity index (χ2v) is 5.29. The van der Waals surface area contributed by atoms with Crippen LogP contribution in [0.3, 0.4) is 0 Å². The number of carbonyl (C=O) groups excluding carboxylic acids is 1. The van der Waals surface area contributed by atoms with Crippen LogP contribution in [-0.2, 0) is 17.8 Å². The summed E-state index contributed by atoms with van der Waals surface area (Å²) < 4.78 is 24.9. The van der Waals surface area contributed by atoms with E-state index in [1.807, 2.05) is 19.9 Å². The highest BCUT2D eigenvalue weighted by molar-refractivity contribution is 5.72. The second-order valence-electron chi connectivity index (χ2n) is 5.29. The molecule has 0 aliphatic heterocycles. The van der Waals surface area contributed by atoms with Crippen LogP contribution in [0, 0.1) is 12.7 Å². The SMILES string of the molecule is CCC(=O)Oc1ccccc1COc1cc(C)c(CC)cc1F.